The Balaban J connectivity index is 1.34. The summed E-state index contributed by atoms with van der Waals surface area (Å²) in [6.07, 6.45) is 0. The SMILES string of the molecule is COc1ccc(NC(=O)N2CCN(C3=Nc4ccc(C)cc4Oc4ccc(C)cc43)CC2)cc1. The van der Waals surface area contributed by atoms with E-state index in [0.29, 0.717) is 26.2 Å². The Kier molecular flexibility index (Phi) is 5.84. The molecule has 0 aliphatic carbocycles. The van der Waals surface area contributed by atoms with E-state index in [-0.39, 0.29) is 6.03 Å². The highest BCUT2D eigenvalue weighted by molar-refractivity contribution is 6.04. The molecule has 2 amide bonds. The molecule has 174 valence electrons. The number of carbonyl (C=O) groups is 1. The molecule has 0 spiro atoms. The van der Waals surface area contributed by atoms with Crippen LogP contribution in [0.25, 0.3) is 0 Å². The zero-order valence-corrected chi connectivity index (χ0v) is 19.7. The number of aryl methyl sites for hydroxylation is 2. The number of benzene rings is 3. The van der Waals surface area contributed by atoms with E-state index in [1.54, 1.807) is 7.11 Å². The molecule has 2 heterocycles. The molecule has 3 aromatic rings. The van der Waals surface area contributed by atoms with Crippen LogP contribution in [-0.4, -0.2) is 55.0 Å². The van der Waals surface area contributed by atoms with Crippen molar-refractivity contribution in [2.45, 2.75) is 13.8 Å². The largest absolute Gasteiger partial charge is 0.497 e. The zero-order chi connectivity index (χ0) is 23.7. The van der Waals surface area contributed by atoms with E-state index in [2.05, 4.69) is 29.3 Å². The topological polar surface area (TPSA) is 66.4 Å². The van der Waals surface area contributed by atoms with Gasteiger partial charge >= 0.3 is 6.03 Å². The molecule has 34 heavy (non-hydrogen) atoms. The van der Waals surface area contributed by atoms with Gasteiger partial charge in [0.1, 0.15) is 23.0 Å². The Labute approximate surface area is 199 Å². The second-order valence-electron chi connectivity index (χ2n) is 8.64. The van der Waals surface area contributed by atoms with Gasteiger partial charge in [-0.2, -0.15) is 0 Å². The van der Waals surface area contributed by atoms with Gasteiger partial charge in [0.25, 0.3) is 0 Å². The number of hydrogen-bond acceptors (Lipinski definition) is 5. The summed E-state index contributed by atoms with van der Waals surface area (Å²) in [6, 6.07) is 19.5. The molecule has 0 unspecified atom stereocenters. The normalized spacial score (nSPS) is 14.9. The van der Waals surface area contributed by atoms with Gasteiger partial charge in [-0.3, -0.25) is 0 Å². The molecule has 0 radical (unpaired) electrons. The lowest BCUT2D eigenvalue weighted by molar-refractivity contribution is 0.181. The van der Waals surface area contributed by atoms with Crippen LogP contribution >= 0.6 is 0 Å². The maximum Gasteiger partial charge on any atom is 0.321 e. The van der Waals surface area contributed by atoms with Crippen LogP contribution in [0.15, 0.2) is 65.7 Å². The molecular weight excluding hydrogens is 428 g/mol. The van der Waals surface area contributed by atoms with Crippen LogP contribution in [0.3, 0.4) is 0 Å². The summed E-state index contributed by atoms with van der Waals surface area (Å²) in [4.78, 5) is 21.9. The number of methoxy groups -OCH3 is 1. The Morgan fingerprint density at radius 1 is 0.912 bits per heavy atom. The summed E-state index contributed by atoms with van der Waals surface area (Å²) >= 11 is 0. The van der Waals surface area contributed by atoms with Crippen LogP contribution in [0.4, 0.5) is 16.2 Å². The number of hydrogen-bond donors (Lipinski definition) is 1. The molecular formula is C27H28N4O3. The molecule has 0 atom stereocenters. The van der Waals surface area contributed by atoms with E-state index in [4.69, 9.17) is 14.5 Å². The Bertz CT molecular complexity index is 1250. The van der Waals surface area contributed by atoms with E-state index in [1.165, 1.54) is 0 Å². The number of nitrogens with zero attached hydrogens (tertiary/aromatic N) is 3. The molecule has 2 aliphatic heterocycles. The van der Waals surface area contributed by atoms with E-state index in [0.717, 1.165) is 51.1 Å². The van der Waals surface area contributed by atoms with Gasteiger partial charge in [-0.05, 0) is 67.9 Å². The third kappa shape index (κ3) is 4.41. The number of urea groups is 1. The van der Waals surface area contributed by atoms with Crippen molar-refractivity contribution >= 4 is 23.2 Å². The summed E-state index contributed by atoms with van der Waals surface area (Å²) in [5.41, 5.74) is 4.81. The number of nitrogens with one attached hydrogen (secondary N) is 1. The lowest BCUT2D eigenvalue weighted by Gasteiger charge is -2.36. The van der Waals surface area contributed by atoms with Crippen molar-refractivity contribution in [1.29, 1.82) is 0 Å². The summed E-state index contributed by atoms with van der Waals surface area (Å²) < 4.78 is 11.5. The number of anilines is 1. The number of amidine groups is 1. The van der Waals surface area contributed by atoms with Crippen LogP contribution in [0.5, 0.6) is 17.2 Å². The second kappa shape index (κ2) is 9.09. The minimum Gasteiger partial charge on any atom is -0.497 e. The first-order valence-electron chi connectivity index (χ1n) is 11.4. The second-order valence-corrected chi connectivity index (χ2v) is 8.64. The van der Waals surface area contributed by atoms with Crippen LogP contribution < -0.4 is 14.8 Å². The fourth-order valence-electron chi connectivity index (χ4n) is 4.24. The lowest BCUT2D eigenvalue weighted by Crippen LogP contribution is -2.51. The molecule has 1 fully saturated rings. The van der Waals surface area contributed by atoms with Crippen molar-refractivity contribution < 1.29 is 14.3 Å². The number of carbonyl (C=O) groups excluding carboxylic acids is 1. The smallest absolute Gasteiger partial charge is 0.321 e. The van der Waals surface area contributed by atoms with E-state index in [9.17, 15) is 4.79 Å². The maximum atomic E-state index is 12.8. The summed E-state index contributed by atoms with van der Waals surface area (Å²) in [5.74, 6) is 3.20. The Morgan fingerprint density at radius 2 is 1.62 bits per heavy atom. The number of amides is 2. The molecule has 7 heteroatoms. The van der Waals surface area contributed by atoms with Crippen molar-refractivity contribution in [2.75, 3.05) is 38.6 Å². The van der Waals surface area contributed by atoms with E-state index < -0.39 is 0 Å². The first-order chi connectivity index (χ1) is 16.5. The zero-order valence-electron chi connectivity index (χ0n) is 19.7. The summed E-state index contributed by atoms with van der Waals surface area (Å²) in [6.45, 7) is 6.69. The summed E-state index contributed by atoms with van der Waals surface area (Å²) in [7, 11) is 1.62. The van der Waals surface area contributed by atoms with Gasteiger partial charge in [-0.1, -0.05) is 17.7 Å². The van der Waals surface area contributed by atoms with Crippen molar-refractivity contribution in [1.82, 2.24) is 9.80 Å². The molecule has 2 aliphatic rings. The number of aliphatic imine (C=N–C) groups is 1. The van der Waals surface area contributed by atoms with Gasteiger partial charge in [0, 0.05) is 31.9 Å². The Hall–Kier alpha value is -4.00. The molecule has 7 nitrogen and oxygen atoms in total. The molecule has 0 aromatic heterocycles. The lowest BCUT2D eigenvalue weighted by atomic mass is 10.1. The molecule has 1 saturated heterocycles. The van der Waals surface area contributed by atoms with E-state index >= 15 is 0 Å². The van der Waals surface area contributed by atoms with Crippen LogP contribution in [-0.2, 0) is 0 Å². The average molecular weight is 457 g/mol. The van der Waals surface area contributed by atoms with Gasteiger partial charge in [-0.15, -0.1) is 0 Å². The number of rotatable bonds is 2. The first-order valence-corrected chi connectivity index (χ1v) is 11.4. The van der Waals surface area contributed by atoms with Gasteiger partial charge in [0.2, 0.25) is 0 Å². The Morgan fingerprint density at radius 3 is 2.35 bits per heavy atom. The standard InChI is InChI=1S/C27H28N4O3/c1-18-5-11-24-22(16-18)26(29-23-10-4-19(2)17-25(23)34-24)30-12-14-31(15-13-30)27(32)28-20-6-8-21(33-3)9-7-20/h4-11,16-17H,12-15H2,1-3H3,(H,28,32). The summed E-state index contributed by atoms with van der Waals surface area (Å²) in [5, 5.41) is 2.97. The van der Waals surface area contributed by atoms with Crippen LogP contribution in [0.2, 0.25) is 0 Å². The van der Waals surface area contributed by atoms with Gasteiger partial charge in [0.05, 0.1) is 12.7 Å². The number of ether oxygens (including phenoxy) is 2. The fourth-order valence-corrected chi connectivity index (χ4v) is 4.24. The monoisotopic (exact) mass is 456 g/mol. The quantitative estimate of drug-likeness (QED) is 0.565. The predicted molar refractivity (Wildman–Crippen MR) is 134 cm³/mol. The van der Waals surface area contributed by atoms with Crippen molar-refractivity contribution in [3.8, 4) is 17.2 Å². The van der Waals surface area contributed by atoms with Crippen molar-refractivity contribution in [3.63, 3.8) is 0 Å². The minimum atomic E-state index is -0.104. The van der Waals surface area contributed by atoms with Gasteiger partial charge in [-0.25, -0.2) is 9.79 Å². The number of piperazine rings is 1. The highest BCUT2D eigenvalue weighted by atomic mass is 16.5. The molecule has 1 N–H and O–H groups in total. The third-order valence-corrected chi connectivity index (χ3v) is 6.15. The van der Waals surface area contributed by atoms with Crippen molar-refractivity contribution in [2.24, 2.45) is 4.99 Å². The maximum absolute atomic E-state index is 12.8. The molecule has 0 bridgehead atoms. The van der Waals surface area contributed by atoms with Crippen LogP contribution in [0.1, 0.15) is 16.7 Å². The first kappa shape index (κ1) is 21.8. The van der Waals surface area contributed by atoms with Crippen LogP contribution in [0, 0.1) is 13.8 Å². The average Bonchev–Trinajstić information content (AvgIpc) is 3.00. The predicted octanol–water partition coefficient (Wildman–Crippen LogP) is 5.35. The van der Waals surface area contributed by atoms with Crippen molar-refractivity contribution in [3.05, 3.63) is 77.4 Å². The minimum absolute atomic E-state index is 0.104. The van der Waals surface area contributed by atoms with Gasteiger partial charge < -0.3 is 24.6 Å². The number of fused-ring (bicyclic) bond motifs is 2. The highest BCUT2D eigenvalue weighted by Gasteiger charge is 2.27. The van der Waals surface area contributed by atoms with E-state index in [1.807, 2.05) is 60.4 Å². The molecule has 0 saturated carbocycles. The highest BCUT2D eigenvalue weighted by Crippen LogP contribution is 2.39. The fraction of sp³-hybridized carbons (Fsp3) is 0.259. The third-order valence-electron chi connectivity index (χ3n) is 6.15. The van der Waals surface area contributed by atoms with Gasteiger partial charge in [0.15, 0.2) is 5.75 Å². The molecule has 3 aromatic carbocycles. The molecule has 5 rings (SSSR count).